The lowest BCUT2D eigenvalue weighted by molar-refractivity contribution is -0.146. The van der Waals surface area contributed by atoms with Crippen molar-refractivity contribution in [2.75, 3.05) is 0 Å². The Morgan fingerprint density at radius 3 is 2.20 bits per heavy atom. The van der Waals surface area contributed by atoms with Gasteiger partial charge < -0.3 is 4.74 Å². The van der Waals surface area contributed by atoms with Gasteiger partial charge in [-0.25, -0.2) is 0 Å². The van der Waals surface area contributed by atoms with Crippen LogP contribution in [0.3, 0.4) is 0 Å². The van der Waals surface area contributed by atoms with Crippen molar-refractivity contribution >= 4 is 5.97 Å². The molecular formula is C13H26O2. The average Bonchev–Trinajstić information content (AvgIpc) is 2.20. The summed E-state index contributed by atoms with van der Waals surface area (Å²) in [6.45, 7) is 5.79. The van der Waals surface area contributed by atoms with Gasteiger partial charge >= 0.3 is 5.97 Å². The standard InChI is InChI=1S/C13H26O2/c1-4-6-7-8-9-10-11-13(5-2)15-12(3)14/h13H,4-11H2,1-3H3/t13-/m1/s1. The first-order chi connectivity index (χ1) is 7.20. The van der Waals surface area contributed by atoms with Gasteiger partial charge in [-0.15, -0.1) is 0 Å². The Kier molecular flexibility index (Phi) is 9.65. The normalized spacial score (nSPS) is 12.5. The molecule has 15 heavy (non-hydrogen) atoms. The van der Waals surface area contributed by atoms with Crippen LogP contribution in [0, 0.1) is 0 Å². The molecule has 0 unspecified atom stereocenters. The fourth-order valence-corrected chi connectivity index (χ4v) is 1.73. The van der Waals surface area contributed by atoms with Crippen LogP contribution in [0.25, 0.3) is 0 Å². The van der Waals surface area contributed by atoms with E-state index in [0.29, 0.717) is 0 Å². The van der Waals surface area contributed by atoms with E-state index in [0.717, 1.165) is 12.8 Å². The Morgan fingerprint density at radius 1 is 1.07 bits per heavy atom. The van der Waals surface area contributed by atoms with E-state index in [1.54, 1.807) is 0 Å². The minimum atomic E-state index is -0.146. The maximum Gasteiger partial charge on any atom is 0.302 e. The van der Waals surface area contributed by atoms with Crippen molar-refractivity contribution in [2.24, 2.45) is 0 Å². The number of rotatable bonds is 9. The molecule has 90 valence electrons. The van der Waals surface area contributed by atoms with Crippen molar-refractivity contribution in [1.82, 2.24) is 0 Å². The van der Waals surface area contributed by atoms with Crippen LogP contribution in [0.4, 0.5) is 0 Å². The van der Waals surface area contributed by atoms with Gasteiger partial charge in [-0.1, -0.05) is 46.0 Å². The second-order valence-corrected chi connectivity index (χ2v) is 4.20. The number of esters is 1. The highest BCUT2D eigenvalue weighted by atomic mass is 16.5. The Hall–Kier alpha value is -0.530. The Bertz CT molecular complexity index is 155. The van der Waals surface area contributed by atoms with E-state index < -0.39 is 0 Å². The molecule has 0 aliphatic heterocycles. The van der Waals surface area contributed by atoms with Crippen LogP contribution in [0.1, 0.15) is 72.1 Å². The van der Waals surface area contributed by atoms with E-state index in [9.17, 15) is 4.79 Å². The first kappa shape index (κ1) is 14.5. The minimum absolute atomic E-state index is 0.146. The first-order valence-electron chi connectivity index (χ1n) is 6.37. The molecule has 0 rings (SSSR count). The zero-order valence-electron chi connectivity index (χ0n) is 10.6. The van der Waals surface area contributed by atoms with Crippen molar-refractivity contribution < 1.29 is 9.53 Å². The summed E-state index contributed by atoms with van der Waals surface area (Å²) in [5.41, 5.74) is 0. The molecule has 0 aromatic rings. The molecule has 0 amide bonds. The van der Waals surface area contributed by atoms with Gasteiger partial charge in [0.2, 0.25) is 0 Å². The lowest BCUT2D eigenvalue weighted by Crippen LogP contribution is -2.14. The topological polar surface area (TPSA) is 26.3 Å². The second-order valence-electron chi connectivity index (χ2n) is 4.20. The largest absolute Gasteiger partial charge is 0.463 e. The fraction of sp³-hybridized carbons (Fsp3) is 0.923. The Labute approximate surface area is 94.4 Å². The van der Waals surface area contributed by atoms with Crippen molar-refractivity contribution in [3.05, 3.63) is 0 Å². The molecule has 0 spiro atoms. The molecule has 0 saturated heterocycles. The Balaban J connectivity index is 3.34. The quantitative estimate of drug-likeness (QED) is 0.427. The van der Waals surface area contributed by atoms with Gasteiger partial charge in [-0.05, 0) is 19.3 Å². The molecule has 0 radical (unpaired) electrons. The van der Waals surface area contributed by atoms with E-state index >= 15 is 0 Å². The van der Waals surface area contributed by atoms with Crippen LogP contribution in [0.5, 0.6) is 0 Å². The van der Waals surface area contributed by atoms with Gasteiger partial charge in [0.25, 0.3) is 0 Å². The molecule has 0 fully saturated rings. The van der Waals surface area contributed by atoms with Gasteiger partial charge in [0, 0.05) is 6.92 Å². The summed E-state index contributed by atoms with van der Waals surface area (Å²) in [7, 11) is 0. The van der Waals surface area contributed by atoms with Crippen molar-refractivity contribution in [2.45, 2.75) is 78.2 Å². The summed E-state index contributed by atoms with van der Waals surface area (Å²) >= 11 is 0. The number of hydrogen-bond donors (Lipinski definition) is 0. The third kappa shape index (κ3) is 9.77. The van der Waals surface area contributed by atoms with Crippen LogP contribution < -0.4 is 0 Å². The Morgan fingerprint density at radius 2 is 1.67 bits per heavy atom. The van der Waals surface area contributed by atoms with Gasteiger partial charge in [0.05, 0.1) is 0 Å². The molecule has 0 aromatic carbocycles. The van der Waals surface area contributed by atoms with E-state index in [1.807, 2.05) is 0 Å². The maximum atomic E-state index is 10.8. The number of unbranched alkanes of at least 4 members (excludes halogenated alkanes) is 5. The van der Waals surface area contributed by atoms with Crippen molar-refractivity contribution in [3.8, 4) is 0 Å². The molecule has 0 saturated carbocycles. The minimum Gasteiger partial charge on any atom is -0.463 e. The molecule has 0 aliphatic rings. The third-order valence-corrected chi connectivity index (χ3v) is 2.67. The monoisotopic (exact) mass is 214 g/mol. The zero-order chi connectivity index (χ0) is 11.5. The fourth-order valence-electron chi connectivity index (χ4n) is 1.73. The predicted molar refractivity (Wildman–Crippen MR) is 63.8 cm³/mol. The predicted octanol–water partition coefficient (Wildman–Crippen LogP) is 4.08. The van der Waals surface area contributed by atoms with E-state index in [-0.39, 0.29) is 12.1 Å². The maximum absolute atomic E-state index is 10.8. The van der Waals surface area contributed by atoms with Crippen LogP contribution in [0.15, 0.2) is 0 Å². The van der Waals surface area contributed by atoms with Crippen LogP contribution in [0.2, 0.25) is 0 Å². The summed E-state index contributed by atoms with van der Waals surface area (Å²) in [6, 6.07) is 0. The highest BCUT2D eigenvalue weighted by Crippen LogP contribution is 2.12. The summed E-state index contributed by atoms with van der Waals surface area (Å²) < 4.78 is 5.19. The van der Waals surface area contributed by atoms with Gasteiger partial charge in [0.15, 0.2) is 0 Å². The second kappa shape index (κ2) is 10.0. The molecule has 2 heteroatoms. The van der Waals surface area contributed by atoms with E-state index in [2.05, 4.69) is 13.8 Å². The molecule has 0 aliphatic carbocycles. The van der Waals surface area contributed by atoms with E-state index in [1.165, 1.54) is 45.4 Å². The lowest BCUT2D eigenvalue weighted by Gasteiger charge is -2.14. The number of hydrogen-bond acceptors (Lipinski definition) is 2. The number of carbonyl (C=O) groups is 1. The third-order valence-electron chi connectivity index (χ3n) is 2.67. The summed E-state index contributed by atoms with van der Waals surface area (Å²) in [5, 5.41) is 0. The van der Waals surface area contributed by atoms with Gasteiger partial charge in [-0.3, -0.25) is 4.79 Å². The molecule has 0 aromatic heterocycles. The molecule has 1 atom stereocenters. The molecule has 0 N–H and O–H groups in total. The van der Waals surface area contributed by atoms with Crippen molar-refractivity contribution in [3.63, 3.8) is 0 Å². The highest BCUT2D eigenvalue weighted by molar-refractivity contribution is 5.66. The highest BCUT2D eigenvalue weighted by Gasteiger charge is 2.08. The van der Waals surface area contributed by atoms with Crippen LogP contribution in [-0.4, -0.2) is 12.1 Å². The summed E-state index contributed by atoms with van der Waals surface area (Å²) in [6.07, 6.45) is 9.90. The molecular weight excluding hydrogens is 188 g/mol. The van der Waals surface area contributed by atoms with Crippen molar-refractivity contribution in [1.29, 1.82) is 0 Å². The van der Waals surface area contributed by atoms with Gasteiger partial charge in [0.1, 0.15) is 6.10 Å². The number of ether oxygens (including phenoxy) is 1. The van der Waals surface area contributed by atoms with E-state index in [4.69, 9.17) is 4.74 Å². The summed E-state index contributed by atoms with van der Waals surface area (Å²) in [5.74, 6) is -0.146. The molecule has 2 nitrogen and oxygen atoms in total. The zero-order valence-corrected chi connectivity index (χ0v) is 10.6. The molecule has 0 bridgehead atoms. The first-order valence-corrected chi connectivity index (χ1v) is 6.37. The summed E-state index contributed by atoms with van der Waals surface area (Å²) in [4.78, 5) is 10.8. The van der Waals surface area contributed by atoms with Crippen LogP contribution >= 0.6 is 0 Å². The SMILES string of the molecule is CCCCCCCC[C@@H](CC)OC(C)=O. The van der Waals surface area contributed by atoms with Crippen LogP contribution in [-0.2, 0) is 9.53 Å². The smallest absolute Gasteiger partial charge is 0.302 e. The molecule has 0 heterocycles. The number of carbonyl (C=O) groups excluding carboxylic acids is 1. The average molecular weight is 214 g/mol. The lowest BCUT2D eigenvalue weighted by atomic mass is 10.1. The van der Waals surface area contributed by atoms with Gasteiger partial charge in [-0.2, -0.15) is 0 Å².